The summed E-state index contributed by atoms with van der Waals surface area (Å²) in [5, 5.41) is 11.8. The van der Waals surface area contributed by atoms with Gasteiger partial charge < -0.3 is 15.0 Å². The van der Waals surface area contributed by atoms with E-state index in [1.165, 1.54) is 0 Å². The van der Waals surface area contributed by atoms with Gasteiger partial charge in [0.05, 0.1) is 18.2 Å². The number of anilines is 3. The zero-order valence-corrected chi connectivity index (χ0v) is 12.2. The molecule has 0 bridgehead atoms. The Bertz CT molecular complexity index is 667. The second-order valence-electron chi connectivity index (χ2n) is 4.15. The number of rotatable bonds is 5. The summed E-state index contributed by atoms with van der Waals surface area (Å²) in [7, 11) is 3.55. The monoisotopic (exact) mass is 284 g/mol. The molecule has 0 aliphatic rings. The van der Waals surface area contributed by atoms with Crippen LogP contribution in [-0.2, 0) is 0 Å². The van der Waals surface area contributed by atoms with E-state index in [1.807, 2.05) is 26.1 Å². The van der Waals surface area contributed by atoms with Crippen LogP contribution in [0.25, 0.3) is 0 Å². The van der Waals surface area contributed by atoms with E-state index in [0.29, 0.717) is 24.1 Å². The molecule has 0 aliphatic carbocycles. The van der Waals surface area contributed by atoms with Crippen molar-refractivity contribution in [3.05, 3.63) is 29.8 Å². The van der Waals surface area contributed by atoms with Crippen LogP contribution in [0.5, 0.6) is 6.01 Å². The number of hydrogen-bond donors (Lipinski definition) is 1. The fraction of sp³-hybridized carbons (Fsp3) is 0.286. The maximum Gasteiger partial charge on any atom is 0.323 e. The van der Waals surface area contributed by atoms with E-state index in [4.69, 9.17) is 10.00 Å². The average Bonchev–Trinajstić information content (AvgIpc) is 2.54. The van der Waals surface area contributed by atoms with Crippen LogP contribution in [0.4, 0.5) is 17.6 Å². The Morgan fingerprint density at radius 2 is 2.14 bits per heavy atom. The van der Waals surface area contributed by atoms with Gasteiger partial charge in [-0.3, -0.25) is 0 Å². The predicted octanol–water partition coefficient (Wildman–Crippen LogP) is 1.95. The summed E-state index contributed by atoms with van der Waals surface area (Å²) in [6.45, 7) is 2.34. The molecule has 2 aromatic rings. The molecule has 21 heavy (non-hydrogen) atoms. The summed E-state index contributed by atoms with van der Waals surface area (Å²) in [5.74, 6) is 0.861. The Morgan fingerprint density at radius 1 is 1.33 bits per heavy atom. The van der Waals surface area contributed by atoms with Gasteiger partial charge in [0.25, 0.3) is 0 Å². The molecule has 7 heteroatoms. The van der Waals surface area contributed by atoms with Crippen LogP contribution >= 0.6 is 0 Å². The maximum absolute atomic E-state index is 8.97. The van der Waals surface area contributed by atoms with Gasteiger partial charge in [0.1, 0.15) is 0 Å². The summed E-state index contributed by atoms with van der Waals surface area (Å²) in [6.07, 6.45) is 0. The Labute approximate surface area is 123 Å². The van der Waals surface area contributed by atoms with Gasteiger partial charge in [-0.1, -0.05) is 6.07 Å². The van der Waals surface area contributed by atoms with E-state index in [2.05, 4.69) is 26.3 Å². The molecule has 0 radical (unpaired) electrons. The lowest BCUT2D eigenvalue weighted by Crippen LogP contribution is -2.15. The van der Waals surface area contributed by atoms with Crippen molar-refractivity contribution in [3.63, 3.8) is 0 Å². The van der Waals surface area contributed by atoms with E-state index in [9.17, 15) is 0 Å². The SMILES string of the molecule is CCOc1nc(NC)nc(N(C)c2cccc(C#N)c2)n1. The molecule has 0 saturated heterocycles. The Morgan fingerprint density at radius 3 is 2.81 bits per heavy atom. The topological polar surface area (TPSA) is 87.0 Å². The first-order valence-electron chi connectivity index (χ1n) is 6.48. The third-order valence-electron chi connectivity index (χ3n) is 2.76. The van der Waals surface area contributed by atoms with Crippen molar-refractivity contribution in [1.29, 1.82) is 5.26 Å². The first-order valence-corrected chi connectivity index (χ1v) is 6.48. The number of nitrogens with zero attached hydrogens (tertiary/aromatic N) is 5. The zero-order chi connectivity index (χ0) is 15.2. The maximum atomic E-state index is 8.97. The normalized spacial score (nSPS) is 9.81. The van der Waals surface area contributed by atoms with Gasteiger partial charge in [0.15, 0.2) is 0 Å². The van der Waals surface area contributed by atoms with Crippen molar-refractivity contribution in [2.24, 2.45) is 0 Å². The van der Waals surface area contributed by atoms with Crippen molar-refractivity contribution in [1.82, 2.24) is 15.0 Å². The lowest BCUT2D eigenvalue weighted by Gasteiger charge is -2.18. The molecule has 0 fully saturated rings. The van der Waals surface area contributed by atoms with E-state index in [-0.39, 0.29) is 6.01 Å². The molecule has 108 valence electrons. The first-order chi connectivity index (χ1) is 10.2. The fourth-order valence-corrected chi connectivity index (χ4v) is 1.70. The minimum Gasteiger partial charge on any atom is -0.464 e. The smallest absolute Gasteiger partial charge is 0.323 e. The molecule has 7 nitrogen and oxygen atoms in total. The number of nitrogens with one attached hydrogen (secondary N) is 1. The molecular formula is C14H16N6O. The van der Waals surface area contributed by atoms with E-state index in [1.54, 1.807) is 24.1 Å². The quantitative estimate of drug-likeness (QED) is 0.897. The van der Waals surface area contributed by atoms with Crippen molar-refractivity contribution < 1.29 is 4.74 Å². The second kappa shape index (κ2) is 6.52. The number of ether oxygens (including phenoxy) is 1. The Kier molecular flexibility index (Phi) is 4.51. The highest BCUT2D eigenvalue weighted by Gasteiger charge is 2.12. The van der Waals surface area contributed by atoms with Gasteiger partial charge in [-0.2, -0.15) is 20.2 Å². The summed E-state index contributed by atoms with van der Waals surface area (Å²) in [6, 6.07) is 9.58. The standard InChI is InChI=1S/C14H16N6O/c1-4-21-14-18-12(16-2)17-13(19-14)20(3)11-7-5-6-10(8-11)9-15/h5-8H,4H2,1-3H3,(H,16,17,18,19). The minimum absolute atomic E-state index is 0.259. The fourth-order valence-electron chi connectivity index (χ4n) is 1.70. The van der Waals surface area contributed by atoms with Gasteiger partial charge in [-0.15, -0.1) is 0 Å². The lowest BCUT2D eigenvalue weighted by molar-refractivity contribution is 0.312. The van der Waals surface area contributed by atoms with Crippen LogP contribution in [0.15, 0.2) is 24.3 Å². The molecule has 0 saturated carbocycles. The van der Waals surface area contributed by atoms with Gasteiger partial charge in [0.2, 0.25) is 11.9 Å². The predicted molar refractivity (Wildman–Crippen MR) is 79.8 cm³/mol. The van der Waals surface area contributed by atoms with Crippen LogP contribution in [-0.4, -0.2) is 35.7 Å². The minimum atomic E-state index is 0.259. The molecule has 1 heterocycles. The van der Waals surface area contributed by atoms with Gasteiger partial charge >= 0.3 is 6.01 Å². The number of hydrogen-bond acceptors (Lipinski definition) is 7. The van der Waals surface area contributed by atoms with Crippen molar-refractivity contribution in [3.8, 4) is 12.1 Å². The molecule has 0 spiro atoms. The first kappa shape index (κ1) is 14.5. The van der Waals surface area contributed by atoms with Crippen LogP contribution in [0, 0.1) is 11.3 Å². The highest BCUT2D eigenvalue weighted by Crippen LogP contribution is 2.23. The van der Waals surface area contributed by atoms with Crippen LogP contribution in [0.3, 0.4) is 0 Å². The van der Waals surface area contributed by atoms with E-state index >= 15 is 0 Å². The van der Waals surface area contributed by atoms with Gasteiger partial charge in [-0.25, -0.2) is 0 Å². The molecule has 1 aromatic carbocycles. The highest BCUT2D eigenvalue weighted by atomic mass is 16.5. The third kappa shape index (κ3) is 3.36. The molecule has 0 unspecified atom stereocenters. The third-order valence-corrected chi connectivity index (χ3v) is 2.76. The Balaban J connectivity index is 2.39. The summed E-state index contributed by atoms with van der Waals surface area (Å²) in [4.78, 5) is 14.4. The number of aromatic nitrogens is 3. The molecule has 0 atom stereocenters. The summed E-state index contributed by atoms with van der Waals surface area (Å²) in [5.41, 5.74) is 1.39. The molecule has 2 rings (SSSR count). The van der Waals surface area contributed by atoms with E-state index in [0.717, 1.165) is 5.69 Å². The van der Waals surface area contributed by atoms with Gasteiger partial charge in [0, 0.05) is 19.8 Å². The summed E-state index contributed by atoms with van der Waals surface area (Å²) < 4.78 is 5.34. The second-order valence-corrected chi connectivity index (χ2v) is 4.15. The van der Waals surface area contributed by atoms with E-state index < -0.39 is 0 Å². The molecular weight excluding hydrogens is 268 g/mol. The number of nitriles is 1. The van der Waals surface area contributed by atoms with Crippen molar-refractivity contribution in [2.45, 2.75) is 6.92 Å². The Hall–Kier alpha value is -2.88. The van der Waals surface area contributed by atoms with Crippen LogP contribution in [0.2, 0.25) is 0 Å². The molecule has 0 amide bonds. The molecule has 0 aliphatic heterocycles. The van der Waals surface area contributed by atoms with Crippen molar-refractivity contribution >= 4 is 17.6 Å². The highest BCUT2D eigenvalue weighted by molar-refractivity contribution is 5.59. The van der Waals surface area contributed by atoms with Crippen LogP contribution in [0.1, 0.15) is 12.5 Å². The van der Waals surface area contributed by atoms with Crippen molar-refractivity contribution in [2.75, 3.05) is 30.9 Å². The lowest BCUT2D eigenvalue weighted by atomic mass is 10.2. The molecule has 1 N–H and O–H groups in total. The summed E-state index contributed by atoms with van der Waals surface area (Å²) >= 11 is 0. The van der Waals surface area contributed by atoms with Gasteiger partial charge in [-0.05, 0) is 25.1 Å². The average molecular weight is 284 g/mol. The molecule has 1 aromatic heterocycles. The number of benzene rings is 1. The van der Waals surface area contributed by atoms with Crippen LogP contribution < -0.4 is 15.0 Å². The largest absolute Gasteiger partial charge is 0.464 e. The zero-order valence-electron chi connectivity index (χ0n) is 12.2.